The van der Waals surface area contributed by atoms with E-state index in [9.17, 15) is 0 Å². The zero-order valence-electron chi connectivity index (χ0n) is 7.32. The number of hydrogen-bond acceptors (Lipinski definition) is 2. The Morgan fingerprint density at radius 1 is 1.38 bits per heavy atom. The van der Waals surface area contributed by atoms with Crippen LogP contribution in [0.5, 0.6) is 0 Å². The van der Waals surface area contributed by atoms with Crippen molar-refractivity contribution in [1.29, 1.82) is 5.41 Å². The first-order valence-electron chi connectivity index (χ1n) is 3.92. The summed E-state index contributed by atoms with van der Waals surface area (Å²) in [7, 11) is 0. The van der Waals surface area contributed by atoms with Gasteiger partial charge in [0.2, 0.25) is 5.90 Å². The lowest BCUT2D eigenvalue weighted by atomic mass is 10.3. The Labute approximate surface area is 93.3 Å². The van der Waals surface area contributed by atoms with E-state index in [-0.39, 0.29) is 5.90 Å². The van der Waals surface area contributed by atoms with Crippen molar-refractivity contribution >= 4 is 40.7 Å². The van der Waals surface area contributed by atoms with E-state index in [4.69, 9.17) is 44.9 Å². The van der Waals surface area contributed by atoms with Gasteiger partial charge in [0.05, 0.1) is 6.61 Å². The lowest BCUT2D eigenvalue weighted by molar-refractivity contribution is 0.303. The lowest BCUT2D eigenvalue weighted by Gasteiger charge is -2.12. The number of ether oxygens (including phenoxy) is 1. The van der Waals surface area contributed by atoms with Gasteiger partial charge in [0.25, 0.3) is 3.79 Å². The van der Waals surface area contributed by atoms with Gasteiger partial charge in [0, 0.05) is 0 Å². The fourth-order valence-electron chi connectivity index (χ4n) is 0.595. The van der Waals surface area contributed by atoms with Crippen molar-refractivity contribution in [2.75, 3.05) is 6.61 Å². The second-order valence-electron chi connectivity index (χ2n) is 2.34. The maximum absolute atomic E-state index is 7.18. The van der Waals surface area contributed by atoms with E-state index in [0.29, 0.717) is 6.61 Å². The van der Waals surface area contributed by atoms with Crippen molar-refractivity contribution in [3.05, 3.63) is 12.2 Å². The molecule has 0 aliphatic heterocycles. The molecule has 0 aliphatic carbocycles. The third-order valence-corrected chi connectivity index (χ3v) is 1.71. The minimum Gasteiger partial charge on any atom is -0.478 e. The van der Waals surface area contributed by atoms with E-state index < -0.39 is 3.79 Å². The predicted octanol–water partition coefficient (Wildman–Crippen LogP) is 3.71. The van der Waals surface area contributed by atoms with Crippen LogP contribution in [0.4, 0.5) is 0 Å². The zero-order valence-corrected chi connectivity index (χ0v) is 9.59. The molecule has 76 valence electrons. The van der Waals surface area contributed by atoms with Crippen molar-refractivity contribution in [2.45, 2.75) is 23.6 Å². The van der Waals surface area contributed by atoms with Crippen molar-refractivity contribution in [3.8, 4) is 0 Å². The maximum atomic E-state index is 7.18. The van der Waals surface area contributed by atoms with Crippen molar-refractivity contribution in [1.82, 2.24) is 0 Å². The molecule has 13 heavy (non-hydrogen) atoms. The molecule has 0 aromatic rings. The number of nitrogens with one attached hydrogen (secondary N) is 1. The van der Waals surface area contributed by atoms with Gasteiger partial charge in [-0.15, -0.1) is 0 Å². The summed E-state index contributed by atoms with van der Waals surface area (Å²) in [5.74, 6) is -0.331. The van der Waals surface area contributed by atoms with Crippen LogP contribution in [-0.2, 0) is 4.74 Å². The van der Waals surface area contributed by atoms with Gasteiger partial charge in [-0.05, 0) is 12.8 Å². The normalized spacial score (nSPS) is 12.0. The van der Waals surface area contributed by atoms with Gasteiger partial charge in [-0.1, -0.05) is 53.9 Å². The largest absolute Gasteiger partial charge is 0.478 e. The van der Waals surface area contributed by atoms with Gasteiger partial charge in [0.15, 0.2) is 0 Å². The Kier molecular flexibility index (Phi) is 6.56. The monoisotopic (exact) mass is 243 g/mol. The smallest absolute Gasteiger partial charge is 0.265 e. The highest BCUT2D eigenvalue weighted by molar-refractivity contribution is 6.76. The summed E-state index contributed by atoms with van der Waals surface area (Å²) in [6.45, 7) is 2.41. The quantitative estimate of drug-likeness (QED) is 0.264. The van der Waals surface area contributed by atoms with Crippen LogP contribution in [0.2, 0.25) is 0 Å². The van der Waals surface area contributed by atoms with Gasteiger partial charge >= 0.3 is 0 Å². The summed E-state index contributed by atoms with van der Waals surface area (Å²) >= 11 is 16.2. The van der Waals surface area contributed by atoms with E-state index in [1.807, 2.05) is 19.1 Å². The first kappa shape index (κ1) is 13.1. The van der Waals surface area contributed by atoms with E-state index in [2.05, 4.69) is 0 Å². The standard InChI is InChI=1S/C8H12Cl3NO/c1-2-3-4-5-6-13-7(12)8(9,10)11/h3-4,12H,2,5-6H2,1H3. The molecule has 0 rings (SSSR count). The molecular formula is C8H12Cl3NO. The molecule has 0 spiro atoms. The first-order valence-corrected chi connectivity index (χ1v) is 5.05. The van der Waals surface area contributed by atoms with Crippen molar-refractivity contribution in [2.24, 2.45) is 0 Å². The number of rotatable bonds is 4. The second kappa shape index (κ2) is 6.52. The Morgan fingerprint density at radius 2 is 2.00 bits per heavy atom. The molecule has 0 saturated heterocycles. The van der Waals surface area contributed by atoms with Crippen molar-refractivity contribution in [3.63, 3.8) is 0 Å². The molecule has 0 radical (unpaired) electrons. The summed E-state index contributed by atoms with van der Waals surface area (Å²) in [5.41, 5.74) is 0. The minimum atomic E-state index is -1.74. The molecule has 5 heteroatoms. The van der Waals surface area contributed by atoms with Gasteiger partial charge in [-0.2, -0.15) is 0 Å². The fourth-order valence-corrected chi connectivity index (χ4v) is 0.759. The first-order chi connectivity index (χ1) is 5.98. The number of alkyl halides is 3. The number of hydrogen-bond donors (Lipinski definition) is 1. The van der Waals surface area contributed by atoms with E-state index in [1.54, 1.807) is 0 Å². The Morgan fingerprint density at radius 3 is 2.46 bits per heavy atom. The minimum absolute atomic E-state index is 0.331. The Hall–Kier alpha value is 0.0800. The van der Waals surface area contributed by atoms with Crippen LogP contribution in [-0.4, -0.2) is 16.3 Å². The third kappa shape index (κ3) is 7.17. The third-order valence-electron chi connectivity index (χ3n) is 1.19. The molecule has 2 nitrogen and oxygen atoms in total. The van der Waals surface area contributed by atoms with Crippen LogP contribution in [0.1, 0.15) is 19.8 Å². The molecule has 0 aliphatic rings. The molecule has 0 aromatic carbocycles. The van der Waals surface area contributed by atoms with Crippen LogP contribution in [0, 0.1) is 5.41 Å². The van der Waals surface area contributed by atoms with Crippen molar-refractivity contribution < 1.29 is 4.74 Å². The highest BCUT2D eigenvalue weighted by Gasteiger charge is 2.28. The SMILES string of the molecule is CCC=CCCOC(=N)C(Cl)(Cl)Cl. The van der Waals surface area contributed by atoms with Gasteiger partial charge < -0.3 is 4.74 Å². The van der Waals surface area contributed by atoms with Crippen LogP contribution in [0.25, 0.3) is 0 Å². The lowest BCUT2D eigenvalue weighted by Crippen LogP contribution is -2.21. The highest BCUT2D eigenvalue weighted by Crippen LogP contribution is 2.27. The van der Waals surface area contributed by atoms with E-state index in [1.165, 1.54) is 0 Å². The molecule has 0 aromatic heterocycles. The number of allylic oxidation sites excluding steroid dienone is 1. The van der Waals surface area contributed by atoms with Gasteiger partial charge in [-0.3, -0.25) is 5.41 Å². The Balaban J connectivity index is 3.55. The highest BCUT2D eigenvalue weighted by atomic mass is 35.6. The average molecular weight is 245 g/mol. The molecule has 0 unspecified atom stereocenters. The topological polar surface area (TPSA) is 33.1 Å². The molecular weight excluding hydrogens is 232 g/mol. The van der Waals surface area contributed by atoms with E-state index in [0.717, 1.165) is 12.8 Å². The van der Waals surface area contributed by atoms with E-state index >= 15 is 0 Å². The Bertz CT molecular complexity index is 186. The van der Waals surface area contributed by atoms with Crippen LogP contribution in [0.3, 0.4) is 0 Å². The molecule has 0 atom stereocenters. The van der Waals surface area contributed by atoms with Crippen LogP contribution < -0.4 is 0 Å². The van der Waals surface area contributed by atoms with Crippen LogP contribution in [0.15, 0.2) is 12.2 Å². The van der Waals surface area contributed by atoms with Gasteiger partial charge in [-0.25, -0.2) is 0 Å². The fraction of sp³-hybridized carbons (Fsp3) is 0.625. The summed E-state index contributed by atoms with van der Waals surface area (Å²) in [6.07, 6.45) is 5.69. The summed E-state index contributed by atoms with van der Waals surface area (Å²) in [5, 5.41) is 7.18. The molecule has 0 amide bonds. The molecule has 0 bridgehead atoms. The summed E-state index contributed by atoms with van der Waals surface area (Å²) in [4.78, 5) is 0. The summed E-state index contributed by atoms with van der Waals surface area (Å²) in [6, 6.07) is 0. The maximum Gasteiger partial charge on any atom is 0.265 e. The van der Waals surface area contributed by atoms with Crippen LogP contribution >= 0.6 is 34.8 Å². The second-order valence-corrected chi connectivity index (χ2v) is 4.62. The molecule has 0 heterocycles. The average Bonchev–Trinajstić information content (AvgIpc) is 2.02. The van der Waals surface area contributed by atoms with Gasteiger partial charge in [0.1, 0.15) is 0 Å². The molecule has 0 saturated carbocycles. The zero-order chi connectivity index (χ0) is 10.3. The summed E-state index contributed by atoms with van der Waals surface area (Å²) < 4.78 is 3.15. The molecule has 0 fully saturated rings. The number of halogens is 3. The molecule has 1 N–H and O–H groups in total. The predicted molar refractivity (Wildman–Crippen MR) is 58.0 cm³/mol.